The van der Waals surface area contributed by atoms with E-state index in [0.717, 1.165) is 39.2 Å². The third-order valence-electron chi connectivity index (χ3n) is 4.11. The molecule has 1 saturated heterocycles. The van der Waals surface area contributed by atoms with E-state index >= 15 is 0 Å². The van der Waals surface area contributed by atoms with Gasteiger partial charge in [0.2, 0.25) is 0 Å². The predicted octanol–water partition coefficient (Wildman–Crippen LogP) is 3.46. The number of hydrogen-bond acceptors (Lipinski definition) is 3. The smallest absolute Gasteiger partial charge is 0.0831 e. The fourth-order valence-electron chi connectivity index (χ4n) is 3.18. The zero-order chi connectivity index (χ0) is 15.2. The standard InChI is InChI=1S/C18H29NO2/c1-5-7-19-17(12-21-16-6-8-20-11-16)18-14(3)9-13(2)10-15(18)4/h9-10,16-17,19H,5-8,11-12H2,1-4H3. The first kappa shape index (κ1) is 16.5. The molecular weight excluding hydrogens is 262 g/mol. The maximum absolute atomic E-state index is 6.07. The summed E-state index contributed by atoms with van der Waals surface area (Å²) in [5, 5.41) is 3.64. The number of benzene rings is 1. The summed E-state index contributed by atoms with van der Waals surface area (Å²) in [5.41, 5.74) is 5.43. The molecule has 0 bridgehead atoms. The van der Waals surface area contributed by atoms with Crippen molar-refractivity contribution in [1.82, 2.24) is 5.32 Å². The van der Waals surface area contributed by atoms with Gasteiger partial charge in [0.05, 0.1) is 25.4 Å². The molecule has 0 amide bonds. The van der Waals surface area contributed by atoms with E-state index in [1.165, 1.54) is 22.3 Å². The van der Waals surface area contributed by atoms with Gasteiger partial charge in [0.1, 0.15) is 0 Å². The summed E-state index contributed by atoms with van der Waals surface area (Å²) < 4.78 is 11.5. The molecule has 0 spiro atoms. The molecule has 2 atom stereocenters. The van der Waals surface area contributed by atoms with Crippen molar-refractivity contribution in [2.24, 2.45) is 0 Å². The number of nitrogens with one attached hydrogen (secondary N) is 1. The normalized spacial score (nSPS) is 19.9. The second-order valence-corrected chi connectivity index (χ2v) is 6.14. The Bertz CT molecular complexity index is 430. The van der Waals surface area contributed by atoms with Gasteiger partial charge in [-0.05, 0) is 56.8 Å². The van der Waals surface area contributed by atoms with Crippen molar-refractivity contribution >= 4 is 0 Å². The first-order valence-electron chi connectivity index (χ1n) is 8.12. The molecule has 0 radical (unpaired) electrons. The van der Waals surface area contributed by atoms with Crippen LogP contribution in [-0.4, -0.2) is 32.5 Å². The number of aryl methyl sites for hydroxylation is 3. The van der Waals surface area contributed by atoms with Gasteiger partial charge in [-0.2, -0.15) is 0 Å². The van der Waals surface area contributed by atoms with Crippen LogP contribution in [-0.2, 0) is 9.47 Å². The number of hydrogen-bond donors (Lipinski definition) is 1. The highest BCUT2D eigenvalue weighted by atomic mass is 16.5. The molecule has 0 saturated carbocycles. The quantitative estimate of drug-likeness (QED) is 0.834. The fourth-order valence-corrected chi connectivity index (χ4v) is 3.18. The van der Waals surface area contributed by atoms with Gasteiger partial charge in [0.25, 0.3) is 0 Å². The lowest BCUT2D eigenvalue weighted by Gasteiger charge is -2.25. The first-order chi connectivity index (χ1) is 10.1. The van der Waals surface area contributed by atoms with Gasteiger partial charge < -0.3 is 14.8 Å². The average molecular weight is 291 g/mol. The van der Waals surface area contributed by atoms with Gasteiger partial charge in [-0.3, -0.25) is 0 Å². The van der Waals surface area contributed by atoms with Gasteiger partial charge in [-0.15, -0.1) is 0 Å². The van der Waals surface area contributed by atoms with E-state index < -0.39 is 0 Å². The summed E-state index contributed by atoms with van der Waals surface area (Å²) in [7, 11) is 0. The SMILES string of the molecule is CCCNC(COC1CCOC1)c1c(C)cc(C)cc1C. The van der Waals surface area contributed by atoms with Crippen molar-refractivity contribution in [3.63, 3.8) is 0 Å². The van der Waals surface area contributed by atoms with E-state index in [2.05, 4.69) is 45.1 Å². The van der Waals surface area contributed by atoms with Crippen molar-refractivity contribution in [1.29, 1.82) is 0 Å². The Hall–Kier alpha value is -0.900. The van der Waals surface area contributed by atoms with E-state index in [4.69, 9.17) is 9.47 Å². The van der Waals surface area contributed by atoms with E-state index in [1.54, 1.807) is 0 Å². The lowest BCUT2D eigenvalue weighted by Crippen LogP contribution is -2.30. The van der Waals surface area contributed by atoms with Crippen molar-refractivity contribution in [3.05, 3.63) is 34.4 Å². The molecule has 21 heavy (non-hydrogen) atoms. The molecule has 2 unspecified atom stereocenters. The minimum atomic E-state index is 0.266. The molecule has 3 nitrogen and oxygen atoms in total. The monoisotopic (exact) mass is 291 g/mol. The Morgan fingerprint density at radius 3 is 2.57 bits per heavy atom. The van der Waals surface area contributed by atoms with Crippen molar-refractivity contribution < 1.29 is 9.47 Å². The molecule has 1 aromatic carbocycles. The van der Waals surface area contributed by atoms with Crippen LogP contribution >= 0.6 is 0 Å². The van der Waals surface area contributed by atoms with Gasteiger partial charge in [0, 0.05) is 6.61 Å². The van der Waals surface area contributed by atoms with Gasteiger partial charge in [0.15, 0.2) is 0 Å². The number of rotatable bonds is 7. The molecule has 1 aliphatic heterocycles. The van der Waals surface area contributed by atoms with Crippen LogP contribution in [0.3, 0.4) is 0 Å². The van der Waals surface area contributed by atoms with Gasteiger partial charge in [-0.25, -0.2) is 0 Å². The Labute approximate surface area is 129 Å². The van der Waals surface area contributed by atoms with E-state index in [1.807, 2.05) is 0 Å². The summed E-state index contributed by atoms with van der Waals surface area (Å²) in [6, 6.07) is 4.80. The fraction of sp³-hybridized carbons (Fsp3) is 0.667. The summed E-state index contributed by atoms with van der Waals surface area (Å²) >= 11 is 0. The molecule has 1 fully saturated rings. The van der Waals surface area contributed by atoms with E-state index in [9.17, 15) is 0 Å². The Balaban J connectivity index is 2.10. The molecule has 0 aromatic heterocycles. The Morgan fingerprint density at radius 1 is 1.29 bits per heavy atom. The molecule has 2 rings (SSSR count). The minimum Gasteiger partial charge on any atom is -0.379 e. The van der Waals surface area contributed by atoms with Crippen LogP contribution in [0.5, 0.6) is 0 Å². The number of ether oxygens (including phenoxy) is 2. The van der Waals surface area contributed by atoms with Crippen LogP contribution in [0.15, 0.2) is 12.1 Å². The van der Waals surface area contributed by atoms with E-state index in [0.29, 0.717) is 0 Å². The van der Waals surface area contributed by atoms with Crippen LogP contribution in [0.1, 0.15) is 48.1 Å². The highest BCUT2D eigenvalue weighted by Crippen LogP contribution is 2.25. The first-order valence-corrected chi connectivity index (χ1v) is 8.12. The van der Waals surface area contributed by atoms with Crippen molar-refractivity contribution in [2.75, 3.05) is 26.4 Å². The van der Waals surface area contributed by atoms with E-state index in [-0.39, 0.29) is 12.1 Å². The maximum atomic E-state index is 6.07. The molecular formula is C18H29NO2. The highest BCUT2D eigenvalue weighted by Gasteiger charge is 2.21. The minimum absolute atomic E-state index is 0.266. The van der Waals surface area contributed by atoms with Crippen LogP contribution in [0.4, 0.5) is 0 Å². The molecule has 1 N–H and O–H groups in total. The van der Waals surface area contributed by atoms with Crippen LogP contribution in [0.25, 0.3) is 0 Å². The van der Waals surface area contributed by atoms with Gasteiger partial charge >= 0.3 is 0 Å². The maximum Gasteiger partial charge on any atom is 0.0831 e. The lowest BCUT2D eigenvalue weighted by atomic mass is 9.94. The third-order valence-corrected chi connectivity index (χ3v) is 4.11. The summed E-state index contributed by atoms with van der Waals surface area (Å²) in [6.07, 6.45) is 2.42. The third kappa shape index (κ3) is 4.53. The largest absolute Gasteiger partial charge is 0.379 e. The lowest BCUT2D eigenvalue weighted by molar-refractivity contribution is 0.0296. The Morgan fingerprint density at radius 2 is 2.00 bits per heavy atom. The van der Waals surface area contributed by atoms with Crippen LogP contribution < -0.4 is 5.32 Å². The second-order valence-electron chi connectivity index (χ2n) is 6.14. The summed E-state index contributed by atoms with van der Waals surface area (Å²) in [6.45, 7) is 12.1. The summed E-state index contributed by atoms with van der Waals surface area (Å²) in [4.78, 5) is 0. The summed E-state index contributed by atoms with van der Waals surface area (Å²) in [5.74, 6) is 0. The van der Waals surface area contributed by atoms with Gasteiger partial charge in [-0.1, -0.05) is 24.6 Å². The molecule has 0 aliphatic carbocycles. The highest BCUT2D eigenvalue weighted by molar-refractivity contribution is 5.39. The molecule has 118 valence electrons. The zero-order valence-corrected chi connectivity index (χ0v) is 13.9. The molecule has 1 aliphatic rings. The zero-order valence-electron chi connectivity index (χ0n) is 13.9. The topological polar surface area (TPSA) is 30.5 Å². The van der Waals surface area contributed by atoms with Crippen molar-refractivity contribution in [3.8, 4) is 0 Å². The van der Waals surface area contributed by atoms with Crippen LogP contribution in [0.2, 0.25) is 0 Å². The molecule has 1 heterocycles. The van der Waals surface area contributed by atoms with Crippen LogP contribution in [0, 0.1) is 20.8 Å². The molecule has 1 aromatic rings. The molecule has 3 heteroatoms. The Kier molecular flexibility index (Phi) is 6.22. The van der Waals surface area contributed by atoms with Crippen molar-refractivity contribution in [2.45, 2.75) is 52.7 Å². The predicted molar refractivity (Wildman–Crippen MR) is 86.9 cm³/mol. The average Bonchev–Trinajstić information content (AvgIpc) is 2.93. The second kappa shape index (κ2) is 7.92.